The molecule has 1 N–H and O–H groups in total. The summed E-state index contributed by atoms with van der Waals surface area (Å²) >= 11 is 0. The number of carbonyl (C=O) groups is 3. The van der Waals surface area contributed by atoms with Crippen molar-refractivity contribution >= 4 is 29.2 Å². The molecule has 0 saturated heterocycles. The molecular formula is C30H35FN2O8. The van der Waals surface area contributed by atoms with E-state index in [-0.39, 0.29) is 27.9 Å². The van der Waals surface area contributed by atoms with Crippen LogP contribution in [-0.2, 0) is 14.2 Å². The normalized spacial score (nSPS) is 12.8. The summed E-state index contributed by atoms with van der Waals surface area (Å²) in [5.74, 6) is 4.09. The summed E-state index contributed by atoms with van der Waals surface area (Å²) in [4.78, 5) is 38.1. The van der Waals surface area contributed by atoms with Gasteiger partial charge >= 0.3 is 18.3 Å². The van der Waals surface area contributed by atoms with Gasteiger partial charge in [-0.1, -0.05) is 11.8 Å². The number of hydrogen-bond donors (Lipinski definition) is 1. The summed E-state index contributed by atoms with van der Waals surface area (Å²) in [6.45, 7) is 15.1. The van der Waals surface area contributed by atoms with Crippen LogP contribution in [0.3, 0.4) is 0 Å². The van der Waals surface area contributed by atoms with Gasteiger partial charge in [0.05, 0.1) is 28.4 Å². The Balaban J connectivity index is 2.12. The van der Waals surface area contributed by atoms with E-state index in [1.54, 1.807) is 62.3 Å². The third kappa shape index (κ3) is 8.11. The number of halogens is 1. The number of rotatable bonds is 2. The summed E-state index contributed by atoms with van der Waals surface area (Å²) in [6, 6.07) is 5.39. The van der Waals surface area contributed by atoms with Gasteiger partial charge in [0.1, 0.15) is 22.6 Å². The van der Waals surface area contributed by atoms with E-state index in [1.165, 1.54) is 30.6 Å². The lowest BCUT2D eigenvalue weighted by Gasteiger charge is -2.20. The Morgan fingerprint density at radius 3 is 1.98 bits per heavy atom. The van der Waals surface area contributed by atoms with Gasteiger partial charge in [-0.15, -0.1) is 0 Å². The molecule has 0 radical (unpaired) electrons. The summed E-state index contributed by atoms with van der Waals surface area (Å²) in [7, 11) is 0. The lowest BCUT2D eigenvalue weighted by Crippen LogP contribution is -2.28. The first kappa shape index (κ1) is 31.2. The fourth-order valence-corrected chi connectivity index (χ4v) is 3.60. The van der Waals surface area contributed by atoms with Crippen LogP contribution in [0.2, 0.25) is 0 Å². The van der Waals surface area contributed by atoms with Crippen molar-refractivity contribution in [1.29, 1.82) is 0 Å². The topological polar surface area (TPSA) is 118 Å². The summed E-state index contributed by atoms with van der Waals surface area (Å²) < 4.78 is 38.8. The molecule has 0 aliphatic heterocycles. The fraction of sp³-hybridized carbons (Fsp3) is 0.433. The predicted octanol–water partition coefficient (Wildman–Crippen LogP) is 6.55. The number of nitrogens with zero attached hydrogens (tertiary/aromatic N) is 2. The quantitative estimate of drug-likeness (QED) is 0.209. The first-order valence-electron chi connectivity index (χ1n) is 12.8. The molecule has 2 aromatic heterocycles. The van der Waals surface area contributed by atoms with Crippen molar-refractivity contribution in [3.8, 4) is 17.6 Å². The number of aliphatic hydroxyl groups is 1. The second-order valence-corrected chi connectivity index (χ2v) is 12.2. The van der Waals surface area contributed by atoms with Gasteiger partial charge in [-0.25, -0.2) is 23.3 Å². The molecule has 0 aliphatic rings. The van der Waals surface area contributed by atoms with E-state index in [1.807, 2.05) is 0 Å². The van der Waals surface area contributed by atoms with E-state index in [4.69, 9.17) is 18.9 Å². The SMILES string of the molecule is CC(C)(C)OC(=O)Oc1cn(C(=O)OC(C)(C)C)c2ccc(F)c(C#CC(O)c3cccn3C(=O)OC(C)(C)C)c12. The van der Waals surface area contributed by atoms with Crippen molar-refractivity contribution < 1.29 is 42.8 Å². The molecule has 0 aliphatic carbocycles. The molecule has 1 aromatic carbocycles. The fourth-order valence-electron chi connectivity index (χ4n) is 3.60. The van der Waals surface area contributed by atoms with E-state index < -0.39 is 47.1 Å². The lowest BCUT2D eigenvalue weighted by molar-refractivity contribution is 0.0206. The molecule has 41 heavy (non-hydrogen) atoms. The Bertz CT molecular complexity index is 1530. The molecule has 0 saturated carbocycles. The molecule has 220 valence electrons. The van der Waals surface area contributed by atoms with Crippen LogP contribution in [0.15, 0.2) is 36.7 Å². The highest BCUT2D eigenvalue weighted by molar-refractivity contribution is 5.98. The maximum absolute atomic E-state index is 15.2. The molecule has 3 rings (SSSR count). The van der Waals surface area contributed by atoms with E-state index in [0.717, 1.165) is 15.2 Å². The van der Waals surface area contributed by atoms with Gasteiger partial charge in [-0.05, 0) is 86.6 Å². The zero-order valence-electron chi connectivity index (χ0n) is 24.6. The van der Waals surface area contributed by atoms with E-state index >= 15 is 4.39 Å². The van der Waals surface area contributed by atoms with Gasteiger partial charge in [-0.2, -0.15) is 0 Å². The van der Waals surface area contributed by atoms with E-state index in [2.05, 4.69) is 11.8 Å². The number of benzene rings is 1. The monoisotopic (exact) mass is 570 g/mol. The maximum Gasteiger partial charge on any atom is 0.514 e. The number of aromatic nitrogens is 2. The average Bonchev–Trinajstić information content (AvgIpc) is 3.40. The van der Waals surface area contributed by atoms with Crippen LogP contribution in [0.25, 0.3) is 10.9 Å². The molecule has 3 aromatic rings. The summed E-state index contributed by atoms with van der Waals surface area (Å²) in [5.41, 5.74) is -2.55. The third-order valence-electron chi connectivity index (χ3n) is 5.04. The zero-order chi connectivity index (χ0) is 30.9. The minimum atomic E-state index is -1.53. The van der Waals surface area contributed by atoms with Crippen LogP contribution in [0, 0.1) is 17.7 Å². The molecule has 0 fully saturated rings. The van der Waals surface area contributed by atoms with Gasteiger partial charge in [-0.3, -0.25) is 4.57 Å². The van der Waals surface area contributed by atoms with Gasteiger partial charge in [0.25, 0.3) is 0 Å². The van der Waals surface area contributed by atoms with Crippen LogP contribution in [-0.4, -0.2) is 49.4 Å². The lowest BCUT2D eigenvalue weighted by atomic mass is 10.1. The highest BCUT2D eigenvalue weighted by atomic mass is 19.1. The second kappa shape index (κ2) is 11.3. The molecule has 0 bridgehead atoms. The number of aliphatic hydroxyl groups excluding tert-OH is 1. The van der Waals surface area contributed by atoms with Crippen LogP contribution >= 0.6 is 0 Å². The van der Waals surface area contributed by atoms with Gasteiger partial charge < -0.3 is 24.1 Å². The minimum Gasteiger partial charge on any atom is -0.443 e. The van der Waals surface area contributed by atoms with Crippen LogP contribution in [0.1, 0.15) is 79.7 Å². The van der Waals surface area contributed by atoms with Crippen molar-refractivity contribution in [1.82, 2.24) is 9.13 Å². The molecule has 10 nitrogen and oxygen atoms in total. The molecular weight excluding hydrogens is 535 g/mol. The first-order chi connectivity index (χ1) is 18.8. The molecule has 0 amide bonds. The summed E-state index contributed by atoms with van der Waals surface area (Å²) in [5, 5.41) is 10.8. The number of ether oxygens (including phenoxy) is 4. The molecule has 1 atom stereocenters. The van der Waals surface area contributed by atoms with Gasteiger partial charge in [0, 0.05) is 6.20 Å². The standard InChI is InChI=1S/C30H35FN2O8/c1-28(2,3)39-25(35)32-16-10-11-20(32)22(34)15-12-18-19(31)13-14-21-24(18)23(38-27(37)41-30(7,8)9)17-33(21)26(36)40-29(4,5)6/h10-11,13-14,16-17,22,34H,1-9H3. The van der Waals surface area contributed by atoms with Crippen LogP contribution in [0.5, 0.6) is 5.75 Å². The molecule has 2 heterocycles. The molecule has 0 spiro atoms. The second-order valence-electron chi connectivity index (χ2n) is 12.2. The Labute approximate surface area is 237 Å². The smallest absolute Gasteiger partial charge is 0.443 e. The van der Waals surface area contributed by atoms with Crippen molar-refractivity contribution in [2.24, 2.45) is 0 Å². The van der Waals surface area contributed by atoms with Crippen molar-refractivity contribution in [3.05, 3.63) is 53.7 Å². The van der Waals surface area contributed by atoms with Crippen molar-refractivity contribution in [2.75, 3.05) is 0 Å². The third-order valence-corrected chi connectivity index (χ3v) is 5.04. The maximum atomic E-state index is 15.2. The number of carbonyl (C=O) groups excluding carboxylic acids is 3. The Morgan fingerprint density at radius 2 is 1.41 bits per heavy atom. The largest absolute Gasteiger partial charge is 0.514 e. The highest BCUT2D eigenvalue weighted by Crippen LogP contribution is 2.34. The van der Waals surface area contributed by atoms with Gasteiger partial charge in [0.2, 0.25) is 0 Å². The molecule has 1 unspecified atom stereocenters. The number of hydrogen-bond acceptors (Lipinski definition) is 8. The Kier molecular flexibility index (Phi) is 8.60. The minimum absolute atomic E-state index is 0.0241. The van der Waals surface area contributed by atoms with E-state index in [9.17, 15) is 19.5 Å². The first-order valence-corrected chi connectivity index (χ1v) is 12.8. The molecule has 11 heteroatoms. The van der Waals surface area contributed by atoms with Crippen molar-refractivity contribution in [2.45, 2.75) is 85.2 Å². The van der Waals surface area contributed by atoms with Gasteiger partial charge in [0.15, 0.2) is 11.9 Å². The number of fused-ring (bicyclic) bond motifs is 1. The predicted molar refractivity (Wildman–Crippen MR) is 148 cm³/mol. The Morgan fingerprint density at radius 1 is 0.854 bits per heavy atom. The summed E-state index contributed by atoms with van der Waals surface area (Å²) in [6.07, 6.45) is -1.56. The zero-order valence-corrected chi connectivity index (χ0v) is 24.6. The highest BCUT2D eigenvalue weighted by Gasteiger charge is 2.27. The van der Waals surface area contributed by atoms with Crippen LogP contribution in [0.4, 0.5) is 18.8 Å². The van der Waals surface area contributed by atoms with Crippen molar-refractivity contribution in [3.63, 3.8) is 0 Å². The Hall–Kier alpha value is -4.30. The average molecular weight is 571 g/mol. The van der Waals surface area contributed by atoms with Crippen LogP contribution < -0.4 is 4.74 Å². The van der Waals surface area contributed by atoms with E-state index in [0.29, 0.717) is 0 Å².